The highest BCUT2D eigenvalue weighted by Crippen LogP contribution is 2.20. The number of amides is 1. The summed E-state index contributed by atoms with van der Waals surface area (Å²) >= 11 is 0. The van der Waals surface area contributed by atoms with Gasteiger partial charge in [-0.05, 0) is 25.0 Å². The van der Waals surface area contributed by atoms with E-state index in [0.29, 0.717) is 31.6 Å². The maximum absolute atomic E-state index is 12.5. The first-order valence-electron chi connectivity index (χ1n) is 6.85. The van der Waals surface area contributed by atoms with Crippen LogP contribution < -0.4 is 11.1 Å². The van der Waals surface area contributed by atoms with Gasteiger partial charge in [0, 0.05) is 38.8 Å². The Morgan fingerprint density at radius 2 is 2.10 bits per heavy atom. The third-order valence-corrected chi connectivity index (χ3v) is 5.39. The van der Waals surface area contributed by atoms with Crippen LogP contribution in [0.3, 0.4) is 0 Å². The highest BCUT2D eigenvalue weighted by molar-refractivity contribution is 7.89. The average molecular weight is 312 g/mol. The molecular formula is C13H20N4O3S. The Morgan fingerprint density at radius 1 is 1.43 bits per heavy atom. The molecule has 1 aliphatic rings. The van der Waals surface area contributed by atoms with E-state index < -0.39 is 10.0 Å². The first kappa shape index (κ1) is 15.9. The number of piperidine rings is 1. The molecule has 7 nitrogen and oxygen atoms in total. The highest BCUT2D eigenvalue weighted by atomic mass is 32.2. The minimum Gasteiger partial charge on any atom is -0.354 e. The second-order valence-electron chi connectivity index (χ2n) is 5.07. The molecule has 0 spiro atoms. The van der Waals surface area contributed by atoms with Crippen molar-refractivity contribution < 1.29 is 13.2 Å². The van der Waals surface area contributed by atoms with E-state index in [1.165, 1.54) is 23.5 Å². The molecule has 8 heteroatoms. The van der Waals surface area contributed by atoms with Gasteiger partial charge in [-0.1, -0.05) is 0 Å². The summed E-state index contributed by atoms with van der Waals surface area (Å²) in [6, 6.07) is 3.20. The molecule has 116 valence electrons. The second kappa shape index (κ2) is 6.50. The minimum absolute atomic E-state index is 0.0479. The number of aromatic nitrogens is 1. The number of hydrogen-bond acceptors (Lipinski definition) is 5. The van der Waals surface area contributed by atoms with E-state index in [1.807, 2.05) is 0 Å². The zero-order chi connectivity index (χ0) is 15.5. The summed E-state index contributed by atoms with van der Waals surface area (Å²) < 4.78 is 26.4. The van der Waals surface area contributed by atoms with E-state index in [4.69, 9.17) is 5.73 Å². The van der Waals surface area contributed by atoms with Crippen LogP contribution in [-0.4, -0.2) is 42.7 Å². The average Bonchev–Trinajstić information content (AvgIpc) is 2.47. The number of carbonyl (C=O) groups is 1. The van der Waals surface area contributed by atoms with Crippen LogP contribution in [0.25, 0.3) is 0 Å². The van der Waals surface area contributed by atoms with Crippen molar-refractivity contribution in [3.05, 3.63) is 24.0 Å². The quantitative estimate of drug-likeness (QED) is 0.803. The Hall–Kier alpha value is -1.51. The molecule has 3 N–H and O–H groups in total. The predicted molar refractivity (Wildman–Crippen MR) is 77.7 cm³/mol. The van der Waals surface area contributed by atoms with Crippen LogP contribution in [0.1, 0.15) is 25.5 Å². The number of nitrogens with one attached hydrogen (secondary N) is 1. The molecule has 0 atom stereocenters. The lowest BCUT2D eigenvalue weighted by Gasteiger charge is -2.31. The van der Waals surface area contributed by atoms with Gasteiger partial charge in [-0.3, -0.25) is 9.78 Å². The van der Waals surface area contributed by atoms with Crippen molar-refractivity contribution in [3.8, 4) is 0 Å². The normalized spacial score (nSPS) is 17.6. The molecule has 2 rings (SSSR count). The van der Waals surface area contributed by atoms with E-state index in [9.17, 15) is 13.2 Å². The third-order valence-electron chi connectivity index (χ3n) is 3.51. The first-order chi connectivity index (χ1) is 9.93. The molecule has 0 unspecified atom stereocenters. The number of rotatable bonds is 4. The molecule has 0 radical (unpaired) electrons. The Bertz CT molecular complexity index is 592. The number of nitrogens with zero attached hydrogens (tertiary/aromatic N) is 2. The Morgan fingerprint density at radius 3 is 2.57 bits per heavy atom. The lowest BCUT2D eigenvalue weighted by molar-refractivity contribution is -0.119. The van der Waals surface area contributed by atoms with E-state index in [-0.39, 0.29) is 23.4 Å². The molecule has 1 aliphatic heterocycles. The van der Waals surface area contributed by atoms with Gasteiger partial charge in [0.1, 0.15) is 4.90 Å². The van der Waals surface area contributed by atoms with Crippen molar-refractivity contribution in [1.29, 1.82) is 0 Å². The van der Waals surface area contributed by atoms with Crippen molar-refractivity contribution in [2.45, 2.75) is 37.2 Å². The number of carbonyl (C=O) groups excluding carboxylic acids is 1. The first-order valence-corrected chi connectivity index (χ1v) is 8.29. The smallest absolute Gasteiger partial charge is 0.244 e. The van der Waals surface area contributed by atoms with Gasteiger partial charge in [0.25, 0.3) is 0 Å². The minimum atomic E-state index is -3.52. The molecule has 2 heterocycles. The molecule has 1 fully saturated rings. The van der Waals surface area contributed by atoms with Gasteiger partial charge < -0.3 is 11.1 Å². The largest absolute Gasteiger partial charge is 0.354 e. The number of pyridine rings is 1. The van der Waals surface area contributed by atoms with E-state index >= 15 is 0 Å². The molecule has 0 aliphatic carbocycles. The zero-order valence-corrected chi connectivity index (χ0v) is 12.8. The fourth-order valence-corrected chi connectivity index (χ4v) is 3.78. The summed E-state index contributed by atoms with van der Waals surface area (Å²) in [6.07, 6.45) is 2.58. The Balaban J connectivity index is 2.05. The molecule has 1 aromatic heterocycles. The SMILES string of the molecule is CC(=O)NC1CCN(S(=O)(=O)c2ccc(CN)nc2)CC1. The molecule has 1 aromatic rings. The molecular weight excluding hydrogens is 292 g/mol. The Labute approximate surface area is 124 Å². The lowest BCUT2D eigenvalue weighted by Crippen LogP contribution is -2.46. The second-order valence-corrected chi connectivity index (χ2v) is 7.01. The number of sulfonamides is 1. The zero-order valence-electron chi connectivity index (χ0n) is 11.9. The predicted octanol–water partition coefficient (Wildman–Crippen LogP) is -0.170. The lowest BCUT2D eigenvalue weighted by atomic mass is 10.1. The number of hydrogen-bond donors (Lipinski definition) is 2. The highest BCUT2D eigenvalue weighted by Gasteiger charge is 2.29. The van der Waals surface area contributed by atoms with Gasteiger partial charge in [-0.2, -0.15) is 4.31 Å². The monoisotopic (exact) mass is 312 g/mol. The third kappa shape index (κ3) is 3.78. The summed E-state index contributed by atoms with van der Waals surface area (Å²) in [6.45, 7) is 2.54. The van der Waals surface area contributed by atoms with Gasteiger partial charge in [0.15, 0.2) is 0 Å². The van der Waals surface area contributed by atoms with Crippen LogP contribution in [0, 0.1) is 0 Å². The van der Waals surface area contributed by atoms with Crippen molar-refractivity contribution in [2.24, 2.45) is 5.73 Å². The molecule has 0 aromatic carbocycles. The molecule has 21 heavy (non-hydrogen) atoms. The van der Waals surface area contributed by atoms with Crippen molar-refractivity contribution in [1.82, 2.24) is 14.6 Å². The van der Waals surface area contributed by atoms with Gasteiger partial charge in [-0.25, -0.2) is 8.42 Å². The summed E-state index contributed by atoms with van der Waals surface area (Å²) in [4.78, 5) is 15.2. The van der Waals surface area contributed by atoms with Crippen LogP contribution in [0.5, 0.6) is 0 Å². The topological polar surface area (TPSA) is 105 Å². The van der Waals surface area contributed by atoms with Gasteiger partial charge in [0.05, 0.1) is 5.69 Å². The van der Waals surface area contributed by atoms with Crippen molar-refractivity contribution in [3.63, 3.8) is 0 Å². The van der Waals surface area contributed by atoms with Crippen LogP contribution in [0.2, 0.25) is 0 Å². The summed E-state index contributed by atoms with van der Waals surface area (Å²) in [5, 5.41) is 2.82. The fourth-order valence-electron chi connectivity index (χ4n) is 2.36. The van der Waals surface area contributed by atoms with Gasteiger partial charge in [-0.15, -0.1) is 0 Å². The van der Waals surface area contributed by atoms with Crippen LogP contribution in [0.4, 0.5) is 0 Å². The van der Waals surface area contributed by atoms with Gasteiger partial charge >= 0.3 is 0 Å². The Kier molecular flexibility index (Phi) is 4.92. The fraction of sp³-hybridized carbons (Fsp3) is 0.538. The standard InChI is InChI=1S/C13H20N4O3S/c1-10(18)16-11-4-6-17(7-5-11)21(19,20)13-3-2-12(8-14)15-9-13/h2-3,9,11H,4-8,14H2,1H3,(H,16,18). The molecule has 0 bridgehead atoms. The molecule has 1 amide bonds. The maximum atomic E-state index is 12.5. The summed E-state index contributed by atoms with van der Waals surface area (Å²) in [5.41, 5.74) is 6.10. The van der Waals surface area contributed by atoms with E-state index in [2.05, 4.69) is 10.3 Å². The van der Waals surface area contributed by atoms with Crippen LogP contribution in [0.15, 0.2) is 23.2 Å². The van der Waals surface area contributed by atoms with E-state index in [0.717, 1.165) is 0 Å². The molecule has 1 saturated heterocycles. The van der Waals surface area contributed by atoms with Crippen LogP contribution in [-0.2, 0) is 21.4 Å². The van der Waals surface area contributed by atoms with Crippen LogP contribution >= 0.6 is 0 Å². The van der Waals surface area contributed by atoms with Gasteiger partial charge in [0.2, 0.25) is 15.9 Å². The van der Waals surface area contributed by atoms with Crippen molar-refractivity contribution in [2.75, 3.05) is 13.1 Å². The van der Waals surface area contributed by atoms with Crippen molar-refractivity contribution >= 4 is 15.9 Å². The maximum Gasteiger partial charge on any atom is 0.244 e. The summed E-state index contributed by atoms with van der Waals surface area (Å²) in [5.74, 6) is -0.0853. The molecule has 0 saturated carbocycles. The number of nitrogens with two attached hydrogens (primary N) is 1. The van der Waals surface area contributed by atoms with E-state index in [1.54, 1.807) is 6.07 Å². The summed E-state index contributed by atoms with van der Waals surface area (Å²) in [7, 11) is -3.52.